The monoisotopic (exact) mass is 345 g/mol. The van der Waals surface area contributed by atoms with Crippen LogP contribution in [0.15, 0.2) is 48.5 Å². The van der Waals surface area contributed by atoms with Gasteiger partial charge in [-0.1, -0.05) is 53.6 Å². The van der Waals surface area contributed by atoms with Crippen LogP contribution >= 0.6 is 11.6 Å². The molecular formula is C19H20ClNO3. The van der Waals surface area contributed by atoms with Crippen LogP contribution in [-0.4, -0.2) is 23.0 Å². The van der Waals surface area contributed by atoms with Crippen molar-refractivity contribution in [3.05, 3.63) is 70.2 Å². The van der Waals surface area contributed by atoms with E-state index in [2.05, 4.69) is 5.32 Å². The van der Waals surface area contributed by atoms with Crippen LogP contribution in [0.1, 0.15) is 23.1 Å². The van der Waals surface area contributed by atoms with E-state index in [-0.39, 0.29) is 18.7 Å². The molecule has 5 heteroatoms. The second kappa shape index (κ2) is 8.50. The van der Waals surface area contributed by atoms with E-state index in [1.165, 1.54) is 0 Å². The number of halogens is 1. The molecule has 1 unspecified atom stereocenters. The maximum atomic E-state index is 12.2. The van der Waals surface area contributed by atoms with E-state index in [1.807, 2.05) is 31.2 Å². The normalized spacial score (nSPS) is 11.8. The second-order valence-electron chi connectivity index (χ2n) is 5.86. The average Bonchev–Trinajstić information content (AvgIpc) is 2.51. The third-order valence-corrected chi connectivity index (χ3v) is 3.92. The van der Waals surface area contributed by atoms with Crippen molar-refractivity contribution < 1.29 is 14.7 Å². The summed E-state index contributed by atoms with van der Waals surface area (Å²) in [5, 5.41) is 12.5. The van der Waals surface area contributed by atoms with Crippen LogP contribution in [0.4, 0.5) is 0 Å². The molecule has 2 N–H and O–H groups in total. The molecule has 0 aliphatic heterocycles. The molecule has 0 aliphatic rings. The zero-order chi connectivity index (χ0) is 17.5. The molecule has 2 aromatic carbocycles. The van der Waals surface area contributed by atoms with Gasteiger partial charge >= 0.3 is 5.97 Å². The maximum Gasteiger partial charge on any atom is 0.305 e. The molecular weight excluding hydrogens is 326 g/mol. The Labute approximate surface area is 146 Å². The van der Waals surface area contributed by atoms with Gasteiger partial charge in [0, 0.05) is 11.1 Å². The highest BCUT2D eigenvalue weighted by Crippen LogP contribution is 2.11. The molecule has 4 nitrogen and oxygen atoms in total. The number of aryl methyl sites for hydroxylation is 1. The summed E-state index contributed by atoms with van der Waals surface area (Å²) < 4.78 is 0. The molecule has 1 amide bonds. The molecule has 2 rings (SSSR count). The number of carboxylic acid groups (broad SMARTS) is 1. The molecule has 0 fully saturated rings. The third kappa shape index (κ3) is 6.05. The number of carbonyl (C=O) groups excluding carboxylic acids is 1. The first-order chi connectivity index (χ1) is 11.4. The van der Waals surface area contributed by atoms with Gasteiger partial charge in [0.25, 0.3) is 0 Å². The van der Waals surface area contributed by atoms with E-state index < -0.39 is 12.0 Å². The third-order valence-electron chi connectivity index (χ3n) is 3.67. The van der Waals surface area contributed by atoms with Crippen molar-refractivity contribution in [2.75, 3.05) is 0 Å². The van der Waals surface area contributed by atoms with Crippen LogP contribution in [0.5, 0.6) is 0 Å². The Hall–Kier alpha value is -2.33. The summed E-state index contributed by atoms with van der Waals surface area (Å²) in [6, 6.07) is 14.4. The van der Waals surface area contributed by atoms with E-state index in [9.17, 15) is 9.59 Å². The van der Waals surface area contributed by atoms with Crippen LogP contribution in [0, 0.1) is 6.92 Å². The van der Waals surface area contributed by atoms with Crippen molar-refractivity contribution in [2.24, 2.45) is 0 Å². The number of nitrogens with one attached hydrogen (secondary N) is 1. The van der Waals surface area contributed by atoms with Gasteiger partial charge in [0.15, 0.2) is 0 Å². The Morgan fingerprint density at radius 2 is 1.62 bits per heavy atom. The molecule has 0 saturated heterocycles. The number of benzene rings is 2. The highest BCUT2D eigenvalue weighted by molar-refractivity contribution is 6.30. The lowest BCUT2D eigenvalue weighted by Gasteiger charge is -2.17. The van der Waals surface area contributed by atoms with E-state index >= 15 is 0 Å². The number of carbonyl (C=O) groups is 2. The first-order valence-electron chi connectivity index (χ1n) is 7.73. The van der Waals surface area contributed by atoms with E-state index in [1.54, 1.807) is 24.3 Å². The fourth-order valence-corrected chi connectivity index (χ4v) is 2.59. The van der Waals surface area contributed by atoms with Crippen molar-refractivity contribution in [3.63, 3.8) is 0 Å². The molecule has 126 valence electrons. The van der Waals surface area contributed by atoms with E-state index in [4.69, 9.17) is 16.7 Å². The number of rotatable bonds is 7. The van der Waals surface area contributed by atoms with Gasteiger partial charge in [-0.15, -0.1) is 0 Å². The van der Waals surface area contributed by atoms with Gasteiger partial charge in [0.2, 0.25) is 5.91 Å². The molecule has 1 atom stereocenters. The second-order valence-corrected chi connectivity index (χ2v) is 6.29. The summed E-state index contributed by atoms with van der Waals surface area (Å²) >= 11 is 5.83. The predicted octanol–water partition coefficient (Wildman–Crippen LogP) is 3.39. The smallest absolute Gasteiger partial charge is 0.305 e. The van der Waals surface area contributed by atoms with Crippen LogP contribution in [-0.2, 0) is 22.4 Å². The SMILES string of the molecule is Cc1ccc(CC(CC(=O)O)NC(=O)Cc2ccc(Cl)cc2)cc1. The van der Waals surface area contributed by atoms with Crippen LogP contribution in [0.2, 0.25) is 5.02 Å². The Bertz CT molecular complexity index is 696. The Morgan fingerprint density at radius 1 is 1.04 bits per heavy atom. The van der Waals surface area contributed by atoms with Gasteiger partial charge in [-0.05, 0) is 36.6 Å². The Kier molecular flexibility index (Phi) is 6.38. The molecule has 0 spiro atoms. The number of hydrogen-bond acceptors (Lipinski definition) is 2. The minimum Gasteiger partial charge on any atom is -0.481 e. The number of amides is 1. The molecule has 0 aromatic heterocycles. The molecule has 0 aliphatic carbocycles. The fraction of sp³-hybridized carbons (Fsp3) is 0.263. The molecule has 0 bridgehead atoms. The number of carboxylic acids is 1. The van der Waals surface area contributed by atoms with Crippen molar-refractivity contribution in [2.45, 2.75) is 32.2 Å². The average molecular weight is 346 g/mol. The quantitative estimate of drug-likeness (QED) is 0.808. The van der Waals surface area contributed by atoms with Gasteiger partial charge < -0.3 is 10.4 Å². The highest BCUT2D eigenvalue weighted by Gasteiger charge is 2.17. The van der Waals surface area contributed by atoms with Crippen molar-refractivity contribution in [1.82, 2.24) is 5.32 Å². The summed E-state index contributed by atoms with van der Waals surface area (Å²) in [5.41, 5.74) is 2.97. The highest BCUT2D eigenvalue weighted by atomic mass is 35.5. The lowest BCUT2D eigenvalue weighted by Crippen LogP contribution is -2.38. The molecule has 24 heavy (non-hydrogen) atoms. The lowest BCUT2D eigenvalue weighted by molar-refractivity contribution is -0.137. The first-order valence-corrected chi connectivity index (χ1v) is 8.11. The fourth-order valence-electron chi connectivity index (χ4n) is 2.46. The molecule has 0 heterocycles. The summed E-state index contributed by atoms with van der Waals surface area (Å²) in [6.07, 6.45) is 0.570. The summed E-state index contributed by atoms with van der Waals surface area (Å²) in [7, 11) is 0. The first kappa shape index (κ1) is 18.0. The largest absolute Gasteiger partial charge is 0.481 e. The zero-order valence-corrected chi connectivity index (χ0v) is 14.2. The predicted molar refractivity (Wildman–Crippen MR) is 94.2 cm³/mol. The van der Waals surface area contributed by atoms with Gasteiger partial charge in [-0.3, -0.25) is 9.59 Å². The van der Waals surface area contributed by atoms with Crippen LogP contribution < -0.4 is 5.32 Å². The maximum absolute atomic E-state index is 12.2. The van der Waals surface area contributed by atoms with Crippen molar-refractivity contribution >= 4 is 23.5 Å². The minimum atomic E-state index is -0.932. The van der Waals surface area contributed by atoms with Crippen LogP contribution in [0.25, 0.3) is 0 Å². The van der Waals surface area contributed by atoms with Crippen molar-refractivity contribution in [3.8, 4) is 0 Å². The lowest BCUT2D eigenvalue weighted by atomic mass is 10.0. The standard InChI is InChI=1S/C19H20ClNO3/c1-13-2-4-14(5-3-13)10-17(12-19(23)24)21-18(22)11-15-6-8-16(20)9-7-15/h2-9,17H,10-12H2,1H3,(H,21,22)(H,23,24). The molecule has 0 saturated carbocycles. The van der Waals surface area contributed by atoms with Gasteiger partial charge in [0.1, 0.15) is 0 Å². The van der Waals surface area contributed by atoms with Crippen molar-refractivity contribution in [1.29, 1.82) is 0 Å². The summed E-state index contributed by atoms with van der Waals surface area (Å²) in [5.74, 6) is -1.13. The summed E-state index contributed by atoms with van der Waals surface area (Å²) in [6.45, 7) is 1.99. The van der Waals surface area contributed by atoms with Crippen LogP contribution in [0.3, 0.4) is 0 Å². The van der Waals surface area contributed by atoms with Gasteiger partial charge in [0.05, 0.1) is 12.8 Å². The number of aliphatic carboxylic acids is 1. The Morgan fingerprint density at radius 3 is 2.21 bits per heavy atom. The minimum absolute atomic E-state index is 0.111. The summed E-state index contributed by atoms with van der Waals surface area (Å²) in [4.78, 5) is 23.3. The van der Waals surface area contributed by atoms with Gasteiger partial charge in [-0.2, -0.15) is 0 Å². The number of hydrogen-bond donors (Lipinski definition) is 2. The Balaban J connectivity index is 1.99. The van der Waals surface area contributed by atoms with E-state index in [0.29, 0.717) is 11.4 Å². The van der Waals surface area contributed by atoms with E-state index in [0.717, 1.165) is 16.7 Å². The topological polar surface area (TPSA) is 66.4 Å². The molecule has 0 radical (unpaired) electrons. The molecule has 2 aromatic rings. The van der Waals surface area contributed by atoms with Gasteiger partial charge in [-0.25, -0.2) is 0 Å². The zero-order valence-electron chi connectivity index (χ0n) is 13.5.